The first-order valence-electron chi connectivity index (χ1n) is 7.98. The van der Waals surface area contributed by atoms with E-state index in [-0.39, 0.29) is 11.9 Å². The van der Waals surface area contributed by atoms with Crippen LogP contribution in [0.3, 0.4) is 0 Å². The average Bonchev–Trinajstić information content (AvgIpc) is 2.94. The number of hydrogen-bond donors (Lipinski definition) is 2. The molecule has 0 bridgehead atoms. The Hall–Kier alpha value is -2.41. The maximum Gasteiger partial charge on any atom is 0.354 e. The Morgan fingerprint density at radius 1 is 1.33 bits per heavy atom. The van der Waals surface area contributed by atoms with Crippen LogP contribution in [0.4, 0.5) is 0 Å². The van der Waals surface area contributed by atoms with Crippen LogP contribution >= 0.6 is 0 Å². The number of hydrogen-bond acceptors (Lipinski definition) is 5. The third-order valence-electron chi connectivity index (χ3n) is 4.74. The van der Waals surface area contributed by atoms with Gasteiger partial charge in [-0.3, -0.25) is 9.59 Å². The molecule has 0 spiro atoms. The number of rotatable bonds is 4. The number of carbonyl (C=O) groups excluding carboxylic acids is 2. The van der Waals surface area contributed by atoms with Crippen molar-refractivity contribution in [3.8, 4) is 0 Å². The first-order valence-corrected chi connectivity index (χ1v) is 7.98. The highest BCUT2D eigenvalue weighted by Crippen LogP contribution is 2.38. The lowest BCUT2D eigenvalue weighted by atomic mass is 9.80. The number of nitrogens with one attached hydrogen (secondary N) is 1. The highest BCUT2D eigenvalue weighted by Gasteiger charge is 2.57. The molecule has 1 aromatic rings. The number of nitrogens with zero attached hydrogens (tertiary/aromatic N) is 1. The molecule has 3 atom stereocenters. The molecule has 7 nitrogen and oxygen atoms in total. The molecule has 2 heterocycles. The van der Waals surface area contributed by atoms with Crippen molar-refractivity contribution in [3.63, 3.8) is 0 Å². The van der Waals surface area contributed by atoms with Crippen LogP contribution in [-0.2, 0) is 24.7 Å². The second-order valence-corrected chi connectivity index (χ2v) is 6.13. The van der Waals surface area contributed by atoms with Crippen LogP contribution in [0.5, 0.6) is 0 Å². The van der Waals surface area contributed by atoms with Crippen molar-refractivity contribution in [1.82, 2.24) is 10.2 Å². The van der Waals surface area contributed by atoms with Gasteiger partial charge in [0.1, 0.15) is 0 Å². The Balaban J connectivity index is 2.11. The van der Waals surface area contributed by atoms with Crippen molar-refractivity contribution >= 4 is 17.8 Å². The standard InChI is InChI=1S/C17H20N2O5/c1-11(20)24-17(16(22)23,12-5-3-2-4-6-12)15-13-7-8-14(21)19(13)10-9-18-15/h2-6,13,15,18H,7-10H2,1H3,(H,22,23)/t13?,15?,17-/m0/s1. The lowest BCUT2D eigenvalue weighted by Crippen LogP contribution is -2.67. The second kappa shape index (κ2) is 6.24. The number of carbonyl (C=O) groups is 3. The summed E-state index contributed by atoms with van der Waals surface area (Å²) < 4.78 is 5.43. The number of amides is 1. The summed E-state index contributed by atoms with van der Waals surface area (Å²) in [4.78, 5) is 37.8. The summed E-state index contributed by atoms with van der Waals surface area (Å²) in [5.41, 5.74) is -1.49. The van der Waals surface area contributed by atoms with Crippen LogP contribution in [0, 0.1) is 0 Å². The van der Waals surface area contributed by atoms with Crippen molar-refractivity contribution in [2.24, 2.45) is 0 Å². The zero-order valence-electron chi connectivity index (χ0n) is 13.4. The minimum Gasteiger partial charge on any atom is -0.478 e. The molecular formula is C17H20N2O5. The van der Waals surface area contributed by atoms with E-state index in [0.717, 1.165) is 0 Å². The molecule has 2 N–H and O–H groups in total. The molecule has 2 aliphatic heterocycles. The van der Waals surface area contributed by atoms with Crippen LogP contribution < -0.4 is 5.32 Å². The zero-order chi connectivity index (χ0) is 17.3. The van der Waals surface area contributed by atoms with Gasteiger partial charge in [-0.2, -0.15) is 0 Å². The number of ether oxygens (including phenoxy) is 1. The molecule has 0 aromatic heterocycles. The molecule has 2 aliphatic rings. The Bertz CT molecular complexity index is 662. The van der Waals surface area contributed by atoms with Gasteiger partial charge in [0.2, 0.25) is 11.5 Å². The minimum atomic E-state index is -1.87. The van der Waals surface area contributed by atoms with Gasteiger partial charge in [0.25, 0.3) is 0 Å². The number of carboxylic acids is 1. The molecule has 1 aromatic carbocycles. The maximum absolute atomic E-state index is 12.3. The van der Waals surface area contributed by atoms with E-state index in [9.17, 15) is 19.5 Å². The highest BCUT2D eigenvalue weighted by molar-refractivity contribution is 5.85. The average molecular weight is 332 g/mol. The van der Waals surface area contributed by atoms with Crippen LogP contribution in [-0.4, -0.2) is 53.0 Å². The summed E-state index contributed by atoms with van der Waals surface area (Å²) in [5, 5.41) is 13.2. The summed E-state index contributed by atoms with van der Waals surface area (Å²) >= 11 is 0. The summed E-state index contributed by atoms with van der Waals surface area (Å²) in [7, 11) is 0. The van der Waals surface area contributed by atoms with Gasteiger partial charge >= 0.3 is 11.9 Å². The SMILES string of the molecule is CC(=O)O[C@@](C(=O)O)(c1ccccc1)C1NCCN2C(=O)CCC12. The molecular weight excluding hydrogens is 312 g/mol. The van der Waals surface area contributed by atoms with Gasteiger partial charge in [-0.05, 0) is 6.42 Å². The number of esters is 1. The molecule has 2 unspecified atom stereocenters. The Kier molecular flexibility index (Phi) is 4.28. The zero-order valence-corrected chi connectivity index (χ0v) is 13.4. The normalized spacial score (nSPS) is 25.7. The summed E-state index contributed by atoms with van der Waals surface area (Å²) in [5.74, 6) is -1.91. The summed E-state index contributed by atoms with van der Waals surface area (Å²) in [6, 6.07) is 7.42. The number of piperazine rings is 1. The fourth-order valence-electron chi connectivity index (χ4n) is 3.80. The molecule has 2 saturated heterocycles. The number of aliphatic carboxylic acids is 1. The molecule has 2 fully saturated rings. The fraction of sp³-hybridized carbons (Fsp3) is 0.471. The van der Waals surface area contributed by atoms with E-state index >= 15 is 0 Å². The number of carboxylic acid groups (broad SMARTS) is 1. The molecule has 128 valence electrons. The molecule has 0 radical (unpaired) electrons. The van der Waals surface area contributed by atoms with E-state index in [1.54, 1.807) is 35.2 Å². The lowest BCUT2D eigenvalue weighted by Gasteiger charge is -2.45. The van der Waals surface area contributed by atoms with E-state index in [2.05, 4.69) is 5.32 Å². The van der Waals surface area contributed by atoms with Crippen molar-refractivity contribution < 1.29 is 24.2 Å². The third kappa shape index (κ3) is 2.54. The monoisotopic (exact) mass is 332 g/mol. The highest BCUT2D eigenvalue weighted by atomic mass is 16.6. The topological polar surface area (TPSA) is 95.9 Å². The molecule has 1 amide bonds. The van der Waals surface area contributed by atoms with E-state index in [1.807, 2.05) is 0 Å². The molecule has 0 saturated carbocycles. The largest absolute Gasteiger partial charge is 0.478 e. The van der Waals surface area contributed by atoms with Gasteiger partial charge in [-0.1, -0.05) is 30.3 Å². The lowest BCUT2D eigenvalue weighted by molar-refractivity contribution is -0.187. The van der Waals surface area contributed by atoms with Crippen LogP contribution in [0.1, 0.15) is 25.3 Å². The molecule has 0 aliphatic carbocycles. The molecule has 7 heteroatoms. The van der Waals surface area contributed by atoms with Crippen molar-refractivity contribution in [1.29, 1.82) is 0 Å². The van der Waals surface area contributed by atoms with Crippen molar-refractivity contribution in [2.75, 3.05) is 13.1 Å². The maximum atomic E-state index is 12.3. The second-order valence-electron chi connectivity index (χ2n) is 6.13. The van der Waals surface area contributed by atoms with Crippen molar-refractivity contribution in [2.45, 2.75) is 37.5 Å². The smallest absolute Gasteiger partial charge is 0.354 e. The van der Waals surface area contributed by atoms with E-state index < -0.39 is 23.6 Å². The van der Waals surface area contributed by atoms with E-state index in [1.165, 1.54) is 6.92 Å². The first-order chi connectivity index (χ1) is 11.5. The minimum absolute atomic E-state index is 0.0154. The van der Waals surface area contributed by atoms with Gasteiger partial charge in [0.05, 0.1) is 12.1 Å². The molecule has 24 heavy (non-hydrogen) atoms. The van der Waals surface area contributed by atoms with Gasteiger partial charge in [0, 0.05) is 32.0 Å². The summed E-state index contributed by atoms with van der Waals surface area (Å²) in [6.45, 7) is 2.18. The van der Waals surface area contributed by atoms with Crippen LogP contribution in [0.2, 0.25) is 0 Å². The van der Waals surface area contributed by atoms with Crippen molar-refractivity contribution in [3.05, 3.63) is 35.9 Å². The van der Waals surface area contributed by atoms with Gasteiger partial charge in [-0.15, -0.1) is 0 Å². The Morgan fingerprint density at radius 2 is 2.04 bits per heavy atom. The van der Waals surface area contributed by atoms with Crippen LogP contribution in [0.25, 0.3) is 0 Å². The predicted octanol–water partition coefficient (Wildman–Crippen LogP) is 0.492. The van der Waals surface area contributed by atoms with Gasteiger partial charge in [0.15, 0.2) is 0 Å². The van der Waals surface area contributed by atoms with Gasteiger partial charge < -0.3 is 20.1 Å². The number of fused-ring (bicyclic) bond motifs is 1. The van der Waals surface area contributed by atoms with E-state index in [4.69, 9.17) is 4.74 Å². The van der Waals surface area contributed by atoms with E-state index in [0.29, 0.717) is 31.5 Å². The quantitative estimate of drug-likeness (QED) is 0.779. The first kappa shape index (κ1) is 16.4. The Morgan fingerprint density at radius 3 is 2.67 bits per heavy atom. The Labute approximate surface area is 139 Å². The van der Waals surface area contributed by atoms with Gasteiger partial charge in [-0.25, -0.2) is 4.79 Å². The number of benzene rings is 1. The predicted molar refractivity (Wildman–Crippen MR) is 84.0 cm³/mol. The third-order valence-corrected chi connectivity index (χ3v) is 4.74. The molecule has 3 rings (SSSR count). The van der Waals surface area contributed by atoms with Crippen LogP contribution in [0.15, 0.2) is 30.3 Å². The fourth-order valence-corrected chi connectivity index (χ4v) is 3.80. The summed E-state index contributed by atoms with van der Waals surface area (Å²) in [6.07, 6.45) is 0.924.